The number of hydroxylamine groups is 2. The number of ether oxygens (including phenoxy) is 2. The molecule has 194 valence electrons. The highest BCUT2D eigenvalue weighted by atomic mass is 19.4. The van der Waals surface area contributed by atoms with Crippen LogP contribution in [0.4, 0.5) is 13.2 Å². The zero-order chi connectivity index (χ0) is 26.6. The van der Waals surface area contributed by atoms with Crippen LogP contribution in [0.1, 0.15) is 25.3 Å². The van der Waals surface area contributed by atoms with E-state index in [1.54, 1.807) is 18.2 Å². The van der Waals surface area contributed by atoms with E-state index in [1.165, 1.54) is 6.92 Å². The summed E-state index contributed by atoms with van der Waals surface area (Å²) >= 11 is 0. The maximum Gasteiger partial charge on any atom is 0.471 e. The summed E-state index contributed by atoms with van der Waals surface area (Å²) in [6.07, 6.45) is -4.49. The quantitative estimate of drug-likeness (QED) is 0.484. The zero-order valence-corrected chi connectivity index (χ0v) is 19.2. The van der Waals surface area contributed by atoms with Gasteiger partial charge >= 0.3 is 18.1 Å². The fourth-order valence-corrected chi connectivity index (χ4v) is 3.26. The molecule has 1 aromatic rings. The Morgan fingerprint density at radius 2 is 1.75 bits per heavy atom. The van der Waals surface area contributed by atoms with E-state index in [2.05, 4.69) is 10.2 Å². The smallest absolute Gasteiger partial charge is 0.449 e. The standard InChI is InChI=1S/C22H22F3N3O8/c1-12(27(2)21(33)22(23,24)25)9-13-3-4-14-15(10-13)35-20(34-14)11-26-16(29)5-8-19(32)36-28-17(30)6-7-18(28)31/h3-4,6-7,10,12,20H,5,8-9,11H2,1-2H3,(H,26,29). The number of hydrogen-bond donors (Lipinski definition) is 1. The van der Waals surface area contributed by atoms with Crippen molar-refractivity contribution >= 4 is 29.6 Å². The van der Waals surface area contributed by atoms with Gasteiger partial charge in [-0.25, -0.2) is 4.79 Å². The Bertz CT molecular complexity index is 1090. The Morgan fingerprint density at radius 1 is 1.11 bits per heavy atom. The van der Waals surface area contributed by atoms with Gasteiger partial charge < -0.3 is 24.5 Å². The van der Waals surface area contributed by atoms with Gasteiger partial charge in [-0.05, 0) is 31.0 Å². The molecule has 0 aromatic heterocycles. The largest absolute Gasteiger partial charge is 0.471 e. The Balaban J connectivity index is 1.42. The van der Waals surface area contributed by atoms with Crippen LogP contribution in [0.2, 0.25) is 0 Å². The predicted octanol–water partition coefficient (Wildman–Crippen LogP) is 1.02. The number of nitrogens with zero attached hydrogens (tertiary/aromatic N) is 2. The van der Waals surface area contributed by atoms with Crippen molar-refractivity contribution in [3.63, 3.8) is 0 Å². The third kappa shape index (κ3) is 6.52. The van der Waals surface area contributed by atoms with Crippen molar-refractivity contribution in [3.05, 3.63) is 35.9 Å². The van der Waals surface area contributed by atoms with Gasteiger partial charge in [0.15, 0.2) is 11.5 Å². The van der Waals surface area contributed by atoms with Crippen LogP contribution < -0.4 is 14.8 Å². The molecule has 1 N–H and O–H groups in total. The first kappa shape index (κ1) is 26.5. The number of fused-ring (bicyclic) bond motifs is 1. The van der Waals surface area contributed by atoms with E-state index < -0.39 is 48.1 Å². The highest BCUT2D eigenvalue weighted by Gasteiger charge is 2.42. The summed E-state index contributed by atoms with van der Waals surface area (Å²) in [5, 5.41) is 2.80. The molecule has 14 heteroatoms. The van der Waals surface area contributed by atoms with Crippen LogP contribution in [0.25, 0.3) is 0 Å². The summed E-state index contributed by atoms with van der Waals surface area (Å²) in [4.78, 5) is 63.1. The molecule has 0 fully saturated rings. The molecule has 3 rings (SSSR count). The van der Waals surface area contributed by atoms with Crippen molar-refractivity contribution < 1.29 is 51.5 Å². The highest BCUT2D eigenvalue weighted by molar-refractivity contribution is 6.12. The fourth-order valence-electron chi connectivity index (χ4n) is 3.26. The number of nitrogens with one attached hydrogen (secondary N) is 1. The van der Waals surface area contributed by atoms with E-state index in [9.17, 15) is 37.1 Å². The first-order valence-corrected chi connectivity index (χ1v) is 10.7. The normalized spacial score (nSPS) is 17.2. The van der Waals surface area contributed by atoms with Crippen LogP contribution in [0.5, 0.6) is 11.5 Å². The van der Waals surface area contributed by atoms with Crippen LogP contribution in [0, 0.1) is 0 Å². The number of rotatable bonds is 9. The van der Waals surface area contributed by atoms with Crippen LogP contribution in [-0.4, -0.2) is 71.7 Å². The van der Waals surface area contributed by atoms with Crippen molar-refractivity contribution in [2.45, 2.75) is 44.7 Å². The van der Waals surface area contributed by atoms with E-state index in [0.29, 0.717) is 27.0 Å². The van der Waals surface area contributed by atoms with Crippen molar-refractivity contribution in [1.82, 2.24) is 15.3 Å². The Kier molecular flexibility index (Phi) is 7.85. The van der Waals surface area contributed by atoms with Gasteiger partial charge in [-0.3, -0.25) is 19.2 Å². The summed E-state index contributed by atoms with van der Waals surface area (Å²) in [5.41, 5.74) is 0.611. The number of carbonyl (C=O) groups excluding carboxylic acids is 5. The molecule has 11 nitrogen and oxygen atoms in total. The molecule has 0 saturated carbocycles. The number of likely N-dealkylation sites (N-methyl/N-ethyl adjacent to an activating group) is 1. The first-order valence-electron chi connectivity index (χ1n) is 10.7. The molecule has 0 bridgehead atoms. The second-order valence-electron chi connectivity index (χ2n) is 7.98. The van der Waals surface area contributed by atoms with Gasteiger partial charge in [0, 0.05) is 31.7 Å². The van der Waals surface area contributed by atoms with Gasteiger partial charge in [-0.15, -0.1) is 0 Å². The zero-order valence-electron chi connectivity index (χ0n) is 19.2. The molecule has 4 amide bonds. The maximum atomic E-state index is 12.6. The molecule has 0 radical (unpaired) electrons. The molecule has 2 aliphatic heterocycles. The molecule has 1 aromatic carbocycles. The van der Waals surface area contributed by atoms with Crippen molar-refractivity contribution in [2.24, 2.45) is 0 Å². The summed E-state index contributed by atoms with van der Waals surface area (Å²) in [5.74, 6) is -4.34. The minimum atomic E-state index is -4.96. The van der Waals surface area contributed by atoms with Crippen LogP contribution in [0.3, 0.4) is 0 Å². The lowest BCUT2D eigenvalue weighted by molar-refractivity contribution is -0.196. The molecule has 2 heterocycles. The second kappa shape index (κ2) is 10.7. The lowest BCUT2D eigenvalue weighted by Crippen LogP contribution is -2.44. The number of halogens is 3. The topological polar surface area (TPSA) is 132 Å². The third-order valence-electron chi connectivity index (χ3n) is 5.26. The number of carbonyl (C=O) groups is 5. The molecule has 0 spiro atoms. The van der Waals surface area contributed by atoms with E-state index in [4.69, 9.17) is 9.47 Å². The second-order valence-corrected chi connectivity index (χ2v) is 7.98. The average molecular weight is 513 g/mol. The van der Waals surface area contributed by atoms with Crippen molar-refractivity contribution in [1.29, 1.82) is 0 Å². The van der Waals surface area contributed by atoms with Crippen molar-refractivity contribution in [2.75, 3.05) is 13.6 Å². The molecule has 36 heavy (non-hydrogen) atoms. The first-order chi connectivity index (χ1) is 16.8. The molecule has 2 aliphatic rings. The minimum Gasteiger partial charge on any atom is -0.449 e. The van der Waals surface area contributed by atoms with Crippen LogP contribution in [-0.2, 0) is 35.2 Å². The Morgan fingerprint density at radius 3 is 2.39 bits per heavy atom. The average Bonchev–Trinajstić information content (AvgIpc) is 3.37. The minimum absolute atomic E-state index is 0.0792. The van der Waals surface area contributed by atoms with Crippen molar-refractivity contribution in [3.8, 4) is 11.5 Å². The van der Waals surface area contributed by atoms with E-state index in [1.807, 2.05) is 0 Å². The van der Waals surface area contributed by atoms with Gasteiger partial charge in [0.2, 0.25) is 5.91 Å². The lowest BCUT2D eigenvalue weighted by atomic mass is 10.1. The van der Waals surface area contributed by atoms with E-state index in [-0.39, 0.29) is 25.8 Å². The SMILES string of the molecule is CC(Cc1ccc2c(c1)OC(CNC(=O)CCC(=O)ON1C(=O)C=CC1=O)O2)N(C)C(=O)C(F)(F)F. The number of hydrogen-bond acceptors (Lipinski definition) is 8. The summed E-state index contributed by atoms with van der Waals surface area (Å²) in [7, 11) is 1.08. The van der Waals surface area contributed by atoms with Gasteiger partial charge in [0.1, 0.15) is 0 Å². The monoisotopic (exact) mass is 513 g/mol. The van der Waals surface area contributed by atoms with Crippen LogP contribution in [0.15, 0.2) is 30.4 Å². The third-order valence-corrected chi connectivity index (χ3v) is 5.26. The molecule has 2 unspecified atom stereocenters. The Labute approximate surface area is 202 Å². The molecular formula is C22H22F3N3O8. The number of amides is 4. The van der Waals surface area contributed by atoms with E-state index >= 15 is 0 Å². The molecule has 0 saturated heterocycles. The van der Waals surface area contributed by atoms with E-state index in [0.717, 1.165) is 19.2 Å². The van der Waals surface area contributed by atoms with Gasteiger partial charge in [-0.2, -0.15) is 13.2 Å². The summed E-state index contributed by atoms with van der Waals surface area (Å²) in [6.45, 7) is 1.41. The maximum absolute atomic E-state index is 12.6. The van der Waals surface area contributed by atoms with Crippen LogP contribution >= 0.6 is 0 Å². The highest BCUT2D eigenvalue weighted by Crippen LogP contribution is 2.35. The predicted molar refractivity (Wildman–Crippen MR) is 113 cm³/mol. The summed E-state index contributed by atoms with van der Waals surface area (Å²) in [6, 6.07) is 4.03. The van der Waals surface area contributed by atoms with Gasteiger partial charge in [0.25, 0.3) is 18.1 Å². The number of imide groups is 1. The van der Waals surface area contributed by atoms with Gasteiger partial charge in [0.05, 0.1) is 13.0 Å². The summed E-state index contributed by atoms with van der Waals surface area (Å²) < 4.78 is 49.1. The molecule has 0 aliphatic carbocycles. The fraction of sp³-hybridized carbons (Fsp3) is 0.409. The number of alkyl halides is 3. The lowest BCUT2D eigenvalue weighted by Gasteiger charge is -2.25. The van der Waals surface area contributed by atoms with Gasteiger partial charge in [-0.1, -0.05) is 11.1 Å². The Hall–Kier alpha value is -4.10. The molecule has 2 atom stereocenters. The number of benzene rings is 1. The molecular weight excluding hydrogens is 491 g/mol.